The van der Waals surface area contributed by atoms with Gasteiger partial charge in [0.15, 0.2) is 5.13 Å². The Labute approximate surface area is 117 Å². The summed E-state index contributed by atoms with van der Waals surface area (Å²) in [5.41, 5.74) is 8.14. The first-order chi connectivity index (χ1) is 9.17. The van der Waals surface area contributed by atoms with Gasteiger partial charge in [-0.05, 0) is 12.5 Å². The number of nitrogens with zero attached hydrogens (tertiary/aromatic N) is 2. The Morgan fingerprint density at radius 2 is 2.00 bits per heavy atom. The van der Waals surface area contributed by atoms with Crippen LogP contribution in [0.1, 0.15) is 16.0 Å². The molecule has 0 amide bonds. The molecule has 0 saturated heterocycles. The van der Waals surface area contributed by atoms with Crippen molar-refractivity contribution in [2.75, 3.05) is 18.9 Å². The SMILES string of the molecule is Cc1ccc(CN(CCO)Cc2cnc(N)s2)cc1. The molecule has 1 heterocycles. The molecule has 3 N–H and O–H groups in total. The Balaban J connectivity index is 2.01. The fraction of sp³-hybridized carbons (Fsp3) is 0.357. The van der Waals surface area contributed by atoms with Crippen LogP contribution in [0.4, 0.5) is 5.13 Å². The number of hydrogen-bond acceptors (Lipinski definition) is 5. The summed E-state index contributed by atoms with van der Waals surface area (Å²) in [5.74, 6) is 0. The van der Waals surface area contributed by atoms with E-state index in [-0.39, 0.29) is 6.61 Å². The van der Waals surface area contributed by atoms with Crippen molar-refractivity contribution < 1.29 is 5.11 Å². The summed E-state index contributed by atoms with van der Waals surface area (Å²) in [5, 5.41) is 9.76. The van der Waals surface area contributed by atoms with E-state index in [4.69, 9.17) is 10.8 Å². The van der Waals surface area contributed by atoms with Gasteiger partial charge in [0, 0.05) is 30.7 Å². The van der Waals surface area contributed by atoms with Crippen molar-refractivity contribution in [2.24, 2.45) is 0 Å². The number of thiazole rings is 1. The van der Waals surface area contributed by atoms with Crippen LogP contribution in [-0.4, -0.2) is 28.1 Å². The predicted molar refractivity (Wildman–Crippen MR) is 78.9 cm³/mol. The molecule has 2 rings (SSSR count). The molecule has 102 valence electrons. The van der Waals surface area contributed by atoms with Gasteiger partial charge < -0.3 is 10.8 Å². The minimum Gasteiger partial charge on any atom is -0.395 e. The van der Waals surface area contributed by atoms with E-state index >= 15 is 0 Å². The van der Waals surface area contributed by atoms with Crippen LogP contribution in [0, 0.1) is 6.92 Å². The molecule has 2 aromatic rings. The highest BCUT2D eigenvalue weighted by atomic mass is 32.1. The van der Waals surface area contributed by atoms with Crippen LogP contribution in [0.25, 0.3) is 0 Å². The quantitative estimate of drug-likeness (QED) is 0.848. The smallest absolute Gasteiger partial charge is 0.180 e. The summed E-state index contributed by atoms with van der Waals surface area (Å²) in [6, 6.07) is 8.47. The van der Waals surface area contributed by atoms with E-state index in [9.17, 15) is 0 Å². The van der Waals surface area contributed by atoms with Gasteiger partial charge in [0.25, 0.3) is 0 Å². The highest BCUT2D eigenvalue weighted by molar-refractivity contribution is 7.15. The highest BCUT2D eigenvalue weighted by Crippen LogP contribution is 2.17. The first-order valence-corrected chi connectivity index (χ1v) is 7.08. The lowest BCUT2D eigenvalue weighted by atomic mass is 10.1. The van der Waals surface area contributed by atoms with Gasteiger partial charge >= 0.3 is 0 Å². The molecule has 0 spiro atoms. The van der Waals surface area contributed by atoms with Gasteiger partial charge in [0.1, 0.15) is 0 Å². The number of aryl methyl sites for hydroxylation is 1. The molecule has 0 fully saturated rings. The van der Waals surface area contributed by atoms with Crippen LogP contribution in [-0.2, 0) is 13.1 Å². The maximum Gasteiger partial charge on any atom is 0.180 e. The number of nitrogen functional groups attached to an aromatic ring is 1. The van der Waals surface area contributed by atoms with Crippen LogP contribution in [0.15, 0.2) is 30.5 Å². The lowest BCUT2D eigenvalue weighted by Crippen LogP contribution is -2.25. The lowest BCUT2D eigenvalue weighted by Gasteiger charge is -2.20. The Morgan fingerprint density at radius 1 is 1.26 bits per heavy atom. The van der Waals surface area contributed by atoms with Crippen molar-refractivity contribution in [2.45, 2.75) is 20.0 Å². The van der Waals surface area contributed by atoms with E-state index in [1.165, 1.54) is 22.5 Å². The summed E-state index contributed by atoms with van der Waals surface area (Å²) in [6.45, 7) is 4.46. The van der Waals surface area contributed by atoms with Crippen LogP contribution in [0.2, 0.25) is 0 Å². The summed E-state index contributed by atoms with van der Waals surface area (Å²) >= 11 is 1.50. The van der Waals surface area contributed by atoms with Gasteiger partial charge in [-0.2, -0.15) is 0 Å². The molecule has 0 aliphatic carbocycles. The zero-order valence-corrected chi connectivity index (χ0v) is 11.9. The topological polar surface area (TPSA) is 62.4 Å². The third-order valence-corrected chi connectivity index (χ3v) is 3.71. The second-order valence-electron chi connectivity index (χ2n) is 4.58. The van der Waals surface area contributed by atoms with Crippen LogP contribution in [0.5, 0.6) is 0 Å². The van der Waals surface area contributed by atoms with Gasteiger partial charge in [-0.1, -0.05) is 29.8 Å². The number of benzene rings is 1. The Kier molecular flexibility index (Phi) is 4.90. The van der Waals surface area contributed by atoms with E-state index in [1.54, 1.807) is 6.20 Å². The molecule has 0 atom stereocenters. The van der Waals surface area contributed by atoms with Crippen molar-refractivity contribution in [3.8, 4) is 0 Å². The molecule has 0 unspecified atom stereocenters. The van der Waals surface area contributed by atoms with E-state index in [0.717, 1.165) is 18.0 Å². The summed E-state index contributed by atoms with van der Waals surface area (Å²) in [6.07, 6.45) is 1.81. The van der Waals surface area contributed by atoms with E-state index < -0.39 is 0 Å². The summed E-state index contributed by atoms with van der Waals surface area (Å²) in [7, 11) is 0. The molecule has 0 bridgehead atoms. The van der Waals surface area contributed by atoms with Gasteiger partial charge in [-0.25, -0.2) is 4.98 Å². The zero-order chi connectivity index (χ0) is 13.7. The minimum absolute atomic E-state index is 0.153. The van der Waals surface area contributed by atoms with E-state index in [1.807, 2.05) is 0 Å². The summed E-state index contributed by atoms with van der Waals surface area (Å²) < 4.78 is 0. The maximum atomic E-state index is 9.16. The Morgan fingerprint density at radius 3 is 2.58 bits per heavy atom. The van der Waals surface area contributed by atoms with Crippen molar-refractivity contribution in [3.63, 3.8) is 0 Å². The number of aromatic nitrogens is 1. The van der Waals surface area contributed by atoms with E-state index in [0.29, 0.717) is 11.7 Å². The third-order valence-electron chi connectivity index (χ3n) is 2.89. The molecular formula is C14H19N3OS. The fourth-order valence-electron chi connectivity index (χ4n) is 1.92. The molecule has 0 radical (unpaired) electrons. The molecule has 0 aliphatic rings. The normalized spacial score (nSPS) is 11.1. The second-order valence-corrected chi connectivity index (χ2v) is 5.73. The summed E-state index contributed by atoms with van der Waals surface area (Å²) in [4.78, 5) is 7.37. The first-order valence-electron chi connectivity index (χ1n) is 6.26. The molecule has 5 heteroatoms. The zero-order valence-electron chi connectivity index (χ0n) is 11.0. The molecule has 19 heavy (non-hydrogen) atoms. The average Bonchev–Trinajstić information content (AvgIpc) is 2.78. The minimum atomic E-state index is 0.153. The maximum absolute atomic E-state index is 9.16. The number of aliphatic hydroxyl groups is 1. The number of hydrogen-bond donors (Lipinski definition) is 2. The monoisotopic (exact) mass is 277 g/mol. The number of aliphatic hydroxyl groups excluding tert-OH is 1. The lowest BCUT2D eigenvalue weighted by molar-refractivity contribution is 0.185. The molecular weight excluding hydrogens is 258 g/mol. The second kappa shape index (κ2) is 6.65. The van der Waals surface area contributed by atoms with Crippen LogP contribution >= 0.6 is 11.3 Å². The standard InChI is InChI=1S/C14H19N3OS/c1-11-2-4-12(5-3-11)9-17(6-7-18)10-13-8-16-14(15)19-13/h2-5,8,18H,6-7,9-10H2,1H3,(H2,15,16). The predicted octanol–water partition coefficient (Wildman–Crippen LogP) is 2.03. The largest absolute Gasteiger partial charge is 0.395 e. The Hall–Kier alpha value is -1.43. The molecule has 0 aliphatic heterocycles. The number of anilines is 1. The number of rotatable bonds is 6. The van der Waals surface area contributed by atoms with Gasteiger partial charge in [0.05, 0.1) is 6.61 Å². The van der Waals surface area contributed by atoms with E-state index in [2.05, 4.69) is 41.1 Å². The fourth-order valence-corrected chi connectivity index (χ4v) is 2.65. The van der Waals surface area contributed by atoms with Crippen molar-refractivity contribution >= 4 is 16.5 Å². The molecule has 0 saturated carbocycles. The van der Waals surface area contributed by atoms with Crippen LogP contribution in [0.3, 0.4) is 0 Å². The average molecular weight is 277 g/mol. The number of nitrogens with two attached hydrogens (primary N) is 1. The molecule has 1 aromatic carbocycles. The van der Waals surface area contributed by atoms with Crippen molar-refractivity contribution in [1.82, 2.24) is 9.88 Å². The van der Waals surface area contributed by atoms with Crippen molar-refractivity contribution in [1.29, 1.82) is 0 Å². The van der Waals surface area contributed by atoms with Crippen molar-refractivity contribution in [3.05, 3.63) is 46.5 Å². The van der Waals surface area contributed by atoms with Gasteiger partial charge in [0.2, 0.25) is 0 Å². The molecule has 4 nitrogen and oxygen atoms in total. The first kappa shape index (κ1) is 14.0. The van der Waals surface area contributed by atoms with Gasteiger partial charge in [-0.15, -0.1) is 11.3 Å². The van der Waals surface area contributed by atoms with Gasteiger partial charge in [-0.3, -0.25) is 4.90 Å². The Bertz CT molecular complexity index is 510. The highest BCUT2D eigenvalue weighted by Gasteiger charge is 2.08. The third kappa shape index (κ3) is 4.31. The van der Waals surface area contributed by atoms with Crippen LogP contribution < -0.4 is 5.73 Å². The molecule has 1 aromatic heterocycles.